The summed E-state index contributed by atoms with van der Waals surface area (Å²) in [4.78, 5) is 43.5. The molecule has 0 saturated carbocycles. The number of rotatable bonds is 7. The minimum atomic E-state index is -1.22. The van der Waals surface area contributed by atoms with Crippen molar-refractivity contribution in [3.63, 3.8) is 0 Å². The lowest BCUT2D eigenvalue weighted by Crippen LogP contribution is -2.65. The van der Waals surface area contributed by atoms with Crippen LogP contribution in [-0.2, 0) is 16.1 Å². The van der Waals surface area contributed by atoms with Crippen molar-refractivity contribution in [1.82, 2.24) is 10.2 Å². The van der Waals surface area contributed by atoms with Gasteiger partial charge in [0.1, 0.15) is 11.3 Å². The first-order valence-corrected chi connectivity index (χ1v) is 12.5. The summed E-state index contributed by atoms with van der Waals surface area (Å²) in [5.41, 5.74) is 0.703. The quantitative estimate of drug-likeness (QED) is 0.491. The summed E-state index contributed by atoms with van der Waals surface area (Å²) in [7, 11) is 1.56. The normalized spacial score (nSPS) is 14.5. The van der Waals surface area contributed by atoms with Gasteiger partial charge in [-0.05, 0) is 66.9 Å². The lowest BCUT2D eigenvalue weighted by molar-refractivity contribution is -0.135. The smallest absolute Gasteiger partial charge is 0.259 e. The number of anilines is 1. The van der Waals surface area contributed by atoms with Gasteiger partial charge >= 0.3 is 0 Å². The van der Waals surface area contributed by atoms with Crippen LogP contribution in [-0.4, -0.2) is 48.4 Å². The van der Waals surface area contributed by atoms with Gasteiger partial charge in [-0.3, -0.25) is 19.3 Å². The van der Waals surface area contributed by atoms with Gasteiger partial charge in [0, 0.05) is 42.8 Å². The molecule has 0 bridgehead atoms. The van der Waals surface area contributed by atoms with Gasteiger partial charge in [0.05, 0.1) is 7.11 Å². The molecule has 0 aromatic heterocycles. The summed E-state index contributed by atoms with van der Waals surface area (Å²) in [6.45, 7) is 2.55. The first kappa shape index (κ1) is 26.2. The molecule has 3 aromatic carbocycles. The Morgan fingerprint density at radius 3 is 2.14 bits per heavy atom. The summed E-state index contributed by atoms with van der Waals surface area (Å²) in [6.07, 6.45) is 0.579. The topological polar surface area (TPSA) is 79.0 Å². The number of carbonyl (C=O) groups excluding carboxylic acids is 3. The fourth-order valence-electron chi connectivity index (χ4n) is 4.70. The van der Waals surface area contributed by atoms with Gasteiger partial charge in [0.25, 0.3) is 5.91 Å². The minimum Gasteiger partial charge on any atom is -0.497 e. The monoisotopic (exact) mass is 519 g/mol. The van der Waals surface area contributed by atoms with Crippen LogP contribution in [0.5, 0.6) is 5.75 Å². The van der Waals surface area contributed by atoms with Gasteiger partial charge in [0.2, 0.25) is 11.8 Å². The van der Waals surface area contributed by atoms with Crippen molar-refractivity contribution < 1.29 is 19.1 Å². The Hall–Kier alpha value is -3.84. The summed E-state index contributed by atoms with van der Waals surface area (Å²) >= 11 is 6.16. The molecule has 4 rings (SSSR count). The summed E-state index contributed by atoms with van der Waals surface area (Å²) in [6, 6.07) is 23.3. The number of benzene rings is 3. The Morgan fingerprint density at radius 1 is 0.946 bits per heavy atom. The molecule has 1 saturated heterocycles. The molecule has 1 N–H and O–H groups in total. The van der Waals surface area contributed by atoms with Crippen molar-refractivity contribution in [3.05, 3.63) is 95.0 Å². The highest BCUT2D eigenvalue weighted by Crippen LogP contribution is 2.36. The fraction of sp³-hybridized carbons (Fsp3) is 0.276. The van der Waals surface area contributed by atoms with Gasteiger partial charge < -0.3 is 15.0 Å². The number of carbonyl (C=O) groups is 3. The van der Waals surface area contributed by atoms with E-state index in [0.29, 0.717) is 41.7 Å². The molecule has 192 valence electrons. The number of ether oxygens (including phenoxy) is 1. The van der Waals surface area contributed by atoms with Crippen LogP contribution in [0, 0.1) is 0 Å². The average molecular weight is 520 g/mol. The third-order valence-electron chi connectivity index (χ3n) is 6.81. The van der Waals surface area contributed by atoms with Crippen LogP contribution in [0.1, 0.15) is 35.7 Å². The van der Waals surface area contributed by atoms with E-state index in [1.165, 1.54) is 6.92 Å². The van der Waals surface area contributed by atoms with E-state index in [0.717, 1.165) is 5.56 Å². The van der Waals surface area contributed by atoms with E-state index in [4.69, 9.17) is 16.3 Å². The Labute approximate surface area is 222 Å². The second-order valence-electron chi connectivity index (χ2n) is 9.05. The number of nitrogens with one attached hydrogen (secondary N) is 1. The molecule has 0 aliphatic carbocycles. The number of amides is 3. The van der Waals surface area contributed by atoms with Crippen LogP contribution in [0.2, 0.25) is 5.02 Å². The van der Waals surface area contributed by atoms with E-state index in [1.54, 1.807) is 65.4 Å². The zero-order valence-corrected chi connectivity index (χ0v) is 21.7. The number of methoxy groups -OCH3 is 1. The second kappa shape index (κ2) is 11.5. The highest BCUT2D eigenvalue weighted by atomic mass is 35.5. The molecule has 7 nitrogen and oxygen atoms in total. The Morgan fingerprint density at radius 2 is 1.57 bits per heavy atom. The van der Waals surface area contributed by atoms with E-state index >= 15 is 0 Å². The van der Waals surface area contributed by atoms with Crippen molar-refractivity contribution in [2.45, 2.75) is 31.8 Å². The minimum absolute atomic E-state index is 0.0576. The molecule has 3 aromatic rings. The number of hydrogen-bond acceptors (Lipinski definition) is 4. The highest BCUT2D eigenvalue weighted by molar-refractivity contribution is 6.30. The molecule has 37 heavy (non-hydrogen) atoms. The van der Waals surface area contributed by atoms with Crippen molar-refractivity contribution in [2.75, 3.05) is 25.1 Å². The van der Waals surface area contributed by atoms with E-state index in [2.05, 4.69) is 5.32 Å². The second-order valence-corrected chi connectivity index (χ2v) is 9.49. The van der Waals surface area contributed by atoms with Crippen LogP contribution >= 0.6 is 11.6 Å². The molecule has 0 radical (unpaired) electrons. The van der Waals surface area contributed by atoms with Gasteiger partial charge in [-0.25, -0.2) is 0 Å². The largest absolute Gasteiger partial charge is 0.497 e. The first-order valence-electron chi connectivity index (χ1n) is 12.2. The number of piperidine rings is 1. The molecule has 0 atom stereocenters. The zero-order valence-electron chi connectivity index (χ0n) is 20.9. The lowest BCUT2D eigenvalue weighted by Gasteiger charge is -2.47. The standard InChI is InChI=1S/C29H30ClN3O4/c1-21(34)32-18-16-29(17-19-32,28(36)31-20-22-6-4-3-5-7-22)33(25-12-10-24(30)11-13-25)27(35)23-8-14-26(37-2)15-9-23/h3-15H,16-20H2,1-2H3,(H,31,36). The number of hydrogen-bond donors (Lipinski definition) is 1. The van der Waals surface area contributed by atoms with Crippen molar-refractivity contribution >= 4 is 35.0 Å². The van der Waals surface area contributed by atoms with E-state index in [9.17, 15) is 14.4 Å². The van der Waals surface area contributed by atoms with Crippen LogP contribution in [0.4, 0.5) is 5.69 Å². The number of nitrogens with zero attached hydrogens (tertiary/aromatic N) is 2. The van der Waals surface area contributed by atoms with E-state index < -0.39 is 5.54 Å². The van der Waals surface area contributed by atoms with Crippen LogP contribution < -0.4 is 15.0 Å². The molecular formula is C29H30ClN3O4. The number of halogens is 1. The van der Waals surface area contributed by atoms with Crippen LogP contribution in [0.25, 0.3) is 0 Å². The summed E-state index contributed by atoms with van der Waals surface area (Å²) in [5, 5.41) is 3.58. The molecule has 1 fully saturated rings. The van der Waals surface area contributed by atoms with Crippen LogP contribution in [0.15, 0.2) is 78.9 Å². The van der Waals surface area contributed by atoms with E-state index in [1.807, 2.05) is 30.3 Å². The fourth-order valence-corrected chi connectivity index (χ4v) is 4.82. The van der Waals surface area contributed by atoms with Crippen molar-refractivity contribution in [2.24, 2.45) is 0 Å². The Kier molecular flexibility index (Phi) is 8.14. The first-order chi connectivity index (χ1) is 17.8. The highest BCUT2D eigenvalue weighted by Gasteiger charge is 2.49. The van der Waals surface area contributed by atoms with Crippen molar-refractivity contribution in [1.29, 1.82) is 0 Å². The molecule has 1 aliphatic heterocycles. The van der Waals surface area contributed by atoms with Crippen molar-refractivity contribution in [3.8, 4) is 5.75 Å². The Balaban J connectivity index is 1.76. The van der Waals surface area contributed by atoms with Gasteiger partial charge in [0.15, 0.2) is 0 Å². The molecule has 0 unspecified atom stereocenters. The zero-order chi connectivity index (χ0) is 26.4. The maximum Gasteiger partial charge on any atom is 0.259 e. The van der Waals surface area contributed by atoms with Gasteiger partial charge in [-0.2, -0.15) is 0 Å². The third-order valence-corrected chi connectivity index (χ3v) is 7.06. The number of likely N-dealkylation sites (tertiary alicyclic amines) is 1. The predicted molar refractivity (Wildman–Crippen MR) is 144 cm³/mol. The van der Waals surface area contributed by atoms with E-state index in [-0.39, 0.29) is 30.6 Å². The predicted octanol–water partition coefficient (Wildman–Crippen LogP) is 4.69. The molecule has 1 aliphatic rings. The maximum atomic E-state index is 14.1. The average Bonchev–Trinajstić information content (AvgIpc) is 2.93. The SMILES string of the molecule is COc1ccc(C(=O)N(c2ccc(Cl)cc2)C2(C(=O)NCc3ccccc3)CCN(C(C)=O)CC2)cc1. The van der Waals surface area contributed by atoms with Gasteiger partial charge in [-0.15, -0.1) is 0 Å². The maximum absolute atomic E-state index is 14.1. The van der Waals surface area contributed by atoms with Crippen LogP contribution in [0.3, 0.4) is 0 Å². The van der Waals surface area contributed by atoms with Gasteiger partial charge in [-0.1, -0.05) is 41.9 Å². The molecular weight excluding hydrogens is 490 g/mol. The summed E-state index contributed by atoms with van der Waals surface area (Å²) in [5.74, 6) is -0.0232. The molecule has 0 spiro atoms. The third kappa shape index (κ3) is 5.78. The Bertz CT molecular complexity index is 1240. The lowest BCUT2D eigenvalue weighted by atomic mass is 9.83. The summed E-state index contributed by atoms with van der Waals surface area (Å²) < 4.78 is 5.25. The molecule has 3 amide bonds. The molecule has 8 heteroatoms. The molecule has 1 heterocycles.